The Morgan fingerprint density at radius 2 is 1.89 bits per heavy atom. The Hall–Kier alpha value is -2.26. The first kappa shape index (κ1) is 20.5. The van der Waals surface area contributed by atoms with Gasteiger partial charge in [-0.05, 0) is 38.1 Å². The minimum atomic E-state index is -0.273. The summed E-state index contributed by atoms with van der Waals surface area (Å²) < 4.78 is 18.4. The van der Waals surface area contributed by atoms with E-state index in [2.05, 4.69) is 10.2 Å². The van der Waals surface area contributed by atoms with Gasteiger partial charge in [0.15, 0.2) is 17.1 Å². The second-order valence-corrected chi connectivity index (χ2v) is 7.24. The number of hydrogen-bond donors (Lipinski definition) is 0. The van der Waals surface area contributed by atoms with E-state index in [1.807, 2.05) is 47.6 Å². The van der Waals surface area contributed by atoms with Crippen LogP contribution in [0.25, 0.3) is 0 Å². The van der Waals surface area contributed by atoms with E-state index in [9.17, 15) is 4.79 Å². The van der Waals surface area contributed by atoms with E-state index in [4.69, 9.17) is 14.2 Å². The Kier molecular flexibility index (Phi) is 7.16. The van der Waals surface area contributed by atoms with Crippen molar-refractivity contribution in [2.45, 2.75) is 31.7 Å². The molecule has 1 aliphatic rings. The molecule has 0 aliphatic carbocycles. The molecule has 1 fully saturated rings. The Labute approximate surface area is 169 Å². The van der Waals surface area contributed by atoms with Gasteiger partial charge in [0, 0.05) is 19.6 Å². The summed E-state index contributed by atoms with van der Waals surface area (Å²) >= 11 is 1.41. The molecule has 1 saturated heterocycles. The zero-order valence-electron chi connectivity index (χ0n) is 16.5. The summed E-state index contributed by atoms with van der Waals surface area (Å²) in [6.45, 7) is 7.18. The van der Waals surface area contributed by atoms with Gasteiger partial charge < -0.3 is 23.7 Å². The van der Waals surface area contributed by atoms with Crippen LogP contribution < -0.4 is 9.47 Å². The fourth-order valence-electron chi connectivity index (χ4n) is 2.95. The van der Waals surface area contributed by atoms with Gasteiger partial charge in [0.05, 0.1) is 26.1 Å². The van der Waals surface area contributed by atoms with Crippen LogP contribution in [0.1, 0.15) is 25.8 Å². The van der Waals surface area contributed by atoms with Gasteiger partial charge in [0.1, 0.15) is 11.5 Å². The fourth-order valence-corrected chi connectivity index (χ4v) is 3.86. The summed E-state index contributed by atoms with van der Waals surface area (Å²) in [6, 6.07) is 7.42. The van der Waals surface area contributed by atoms with Crippen molar-refractivity contribution in [3.05, 3.63) is 30.1 Å². The molecule has 1 amide bonds. The number of benzene rings is 1. The number of ether oxygens (including phenoxy) is 3. The van der Waals surface area contributed by atoms with E-state index in [0.29, 0.717) is 38.6 Å². The minimum Gasteiger partial charge on any atom is -0.497 e. The number of carbonyl (C=O) groups excluding carboxylic acids is 1. The maximum absolute atomic E-state index is 12.4. The highest BCUT2D eigenvalue weighted by Gasteiger charge is 2.21. The number of thioether (sulfide) groups is 1. The Bertz CT molecular complexity index is 775. The van der Waals surface area contributed by atoms with Crippen molar-refractivity contribution < 1.29 is 19.0 Å². The summed E-state index contributed by atoms with van der Waals surface area (Å²) in [5, 5.41) is 9.31. The topological polar surface area (TPSA) is 78.7 Å². The lowest BCUT2D eigenvalue weighted by Gasteiger charge is -2.26. The first-order valence-electron chi connectivity index (χ1n) is 9.34. The molecule has 2 heterocycles. The molecule has 1 atom stereocenters. The van der Waals surface area contributed by atoms with E-state index in [-0.39, 0.29) is 12.0 Å². The lowest BCUT2D eigenvalue weighted by molar-refractivity contribution is -0.132. The summed E-state index contributed by atoms with van der Waals surface area (Å²) in [5.41, 5.74) is 0. The van der Waals surface area contributed by atoms with Gasteiger partial charge in [0.25, 0.3) is 0 Å². The van der Waals surface area contributed by atoms with Crippen LogP contribution in [-0.2, 0) is 16.1 Å². The highest BCUT2D eigenvalue weighted by atomic mass is 32.2. The standard InChI is InChI=1S/C19H26N4O4S/c1-4-23-18(14(2)27-16-7-5-15(25-3)6-8-16)20-21-19(23)28-13-17(24)22-9-11-26-12-10-22/h5-8,14H,4,9-13H2,1-3H3. The van der Waals surface area contributed by atoms with Crippen LogP contribution in [0.3, 0.4) is 0 Å². The van der Waals surface area contributed by atoms with Crippen molar-refractivity contribution in [2.24, 2.45) is 0 Å². The summed E-state index contributed by atoms with van der Waals surface area (Å²) in [4.78, 5) is 14.2. The number of carbonyl (C=O) groups is 1. The molecule has 0 bridgehead atoms. The van der Waals surface area contributed by atoms with E-state index in [1.165, 1.54) is 11.8 Å². The van der Waals surface area contributed by atoms with Crippen LogP contribution in [0, 0.1) is 0 Å². The lowest BCUT2D eigenvalue weighted by atomic mass is 10.3. The fraction of sp³-hybridized carbons (Fsp3) is 0.526. The monoisotopic (exact) mass is 406 g/mol. The van der Waals surface area contributed by atoms with Crippen LogP contribution in [-0.4, -0.2) is 64.7 Å². The minimum absolute atomic E-state index is 0.100. The maximum atomic E-state index is 12.4. The number of amides is 1. The molecule has 2 aromatic rings. The predicted octanol–water partition coefficient (Wildman–Crippen LogP) is 2.40. The molecule has 1 unspecified atom stereocenters. The van der Waals surface area contributed by atoms with Gasteiger partial charge in [-0.25, -0.2) is 0 Å². The quantitative estimate of drug-likeness (QED) is 0.623. The van der Waals surface area contributed by atoms with Gasteiger partial charge in [-0.2, -0.15) is 0 Å². The average Bonchev–Trinajstić information content (AvgIpc) is 3.16. The van der Waals surface area contributed by atoms with E-state index in [1.54, 1.807) is 7.11 Å². The van der Waals surface area contributed by atoms with Gasteiger partial charge >= 0.3 is 0 Å². The molecule has 1 aromatic heterocycles. The molecule has 0 saturated carbocycles. The summed E-state index contributed by atoms with van der Waals surface area (Å²) in [5.74, 6) is 2.69. The van der Waals surface area contributed by atoms with Crippen LogP contribution in [0.4, 0.5) is 0 Å². The van der Waals surface area contributed by atoms with Crippen LogP contribution in [0.2, 0.25) is 0 Å². The molecule has 9 heteroatoms. The number of methoxy groups -OCH3 is 1. The third kappa shape index (κ3) is 4.96. The SMILES string of the molecule is CCn1c(SCC(=O)N2CCOCC2)nnc1C(C)Oc1ccc(OC)cc1. The van der Waals surface area contributed by atoms with E-state index >= 15 is 0 Å². The highest BCUT2D eigenvalue weighted by molar-refractivity contribution is 7.99. The number of aromatic nitrogens is 3. The number of morpholine rings is 1. The number of hydrogen-bond acceptors (Lipinski definition) is 7. The third-order valence-corrected chi connectivity index (χ3v) is 5.44. The second kappa shape index (κ2) is 9.79. The molecule has 1 aliphatic heterocycles. The molecule has 8 nitrogen and oxygen atoms in total. The van der Waals surface area contributed by atoms with Gasteiger partial charge in [-0.3, -0.25) is 4.79 Å². The highest BCUT2D eigenvalue weighted by Crippen LogP contribution is 2.26. The Morgan fingerprint density at radius 3 is 2.54 bits per heavy atom. The smallest absolute Gasteiger partial charge is 0.233 e. The normalized spacial score (nSPS) is 15.3. The van der Waals surface area contributed by atoms with Crippen molar-refractivity contribution in [1.82, 2.24) is 19.7 Å². The zero-order valence-corrected chi connectivity index (χ0v) is 17.3. The third-order valence-electron chi connectivity index (χ3n) is 4.49. The first-order chi connectivity index (χ1) is 13.6. The lowest BCUT2D eigenvalue weighted by Crippen LogP contribution is -2.41. The maximum Gasteiger partial charge on any atom is 0.233 e. The second-order valence-electron chi connectivity index (χ2n) is 6.30. The number of nitrogens with zero attached hydrogens (tertiary/aromatic N) is 4. The van der Waals surface area contributed by atoms with Gasteiger partial charge in [0.2, 0.25) is 5.91 Å². The molecule has 28 heavy (non-hydrogen) atoms. The van der Waals surface area contributed by atoms with Crippen LogP contribution in [0.15, 0.2) is 29.4 Å². The Morgan fingerprint density at radius 1 is 1.21 bits per heavy atom. The van der Waals surface area contributed by atoms with Gasteiger partial charge in [-0.1, -0.05) is 11.8 Å². The van der Waals surface area contributed by atoms with E-state index < -0.39 is 0 Å². The first-order valence-corrected chi connectivity index (χ1v) is 10.3. The van der Waals surface area contributed by atoms with Crippen molar-refractivity contribution in [2.75, 3.05) is 39.2 Å². The van der Waals surface area contributed by atoms with Crippen molar-refractivity contribution in [3.63, 3.8) is 0 Å². The molecule has 3 rings (SSSR count). The van der Waals surface area contributed by atoms with E-state index in [0.717, 1.165) is 22.5 Å². The molecule has 152 valence electrons. The molecular weight excluding hydrogens is 380 g/mol. The molecule has 0 spiro atoms. The van der Waals surface area contributed by atoms with Crippen LogP contribution in [0.5, 0.6) is 11.5 Å². The zero-order chi connectivity index (χ0) is 19.9. The average molecular weight is 407 g/mol. The van der Waals surface area contributed by atoms with Crippen molar-refractivity contribution in [3.8, 4) is 11.5 Å². The molecule has 0 radical (unpaired) electrons. The molecular formula is C19H26N4O4S. The largest absolute Gasteiger partial charge is 0.497 e. The molecule has 0 N–H and O–H groups in total. The number of rotatable bonds is 8. The summed E-state index contributed by atoms with van der Waals surface area (Å²) in [6.07, 6.45) is -0.273. The van der Waals surface area contributed by atoms with Crippen molar-refractivity contribution >= 4 is 17.7 Å². The predicted molar refractivity (Wildman–Crippen MR) is 106 cm³/mol. The summed E-state index contributed by atoms with van der Waals surface area (Å²) in [7, 11) is 1.63. The van der Waals surface area contributed by atoms with Crippen molar-refractivity contribution in [1.29, 1.82) is 0 Å². The Balaban J connectivity index is 1.62. The van der Waals surface area contributed by atoms with Gasteiger partial charge in [-0.15, -0.1) is 10.2 Å². The molecule has 1 aromatic carbocycles. The van der Waals surface area contributed by atoms with Crippen LogP contribution >= 0.6 is 11.8 Å².